The van der Waals surface area contributed by atoms with E-state index in [1.165, 1.54) is 37.6 Å². The normalized spacial score (nSPS) is 11.6. The van der Waals surface area contributed by atoms with Crippen LogP contribution in [0.1, 0.15) is 11.1 Å². The largest absolute Gasteiger partial charge is 0.504 e. The van der Waals surface area contributed by atoms with Crippen LogP contribution >= 0.6 is 23.2 Å². The van der Waals surface area contributed by atoms with Crippen LogP contribution in [0.5, 0.6) is 11.5 Å². The molecule has 2 N–H and O–H groups in total. The summed E-state index contributed by atoms with van der Waals surface area (Å²) < 4.78 is 32.5. The first-order valence-corrected chi connectivity index (χ1v) is 12.1. The van der Waals surface area contributed by atoms with Gasteiger partial charge < -0.3 is 9.84 Å². The number of amides is 1. The molecule has 8 nitrogen and oxygen atoms in total. The molecule has 0 radical (unpaired) electrons. The number of rotatable bonds is 9. The number of carbonyl (C=O) groups excluding carboxylic acids is 1. The van der Waals surface area contributed by atoms with Crippen molar-refractivity contribution in [3.05, 3.63) is 87.9 Å². The number of phenols is 1. The number of aromatic hydroxyl groups is 1. The van der Waals surface area contributed by atoms with Gasteiger partial charge in [0, 0.05) is 6.54 Å². The number of nitrogens with zero attached hydrogens (tertiary/aromatic N) is 2. The van der Waals surface area contributed by atoms with E-state index in [0.29, 0.717) is 16.1 Å². The molecule has 0 heterocycles. The zero-order chi connectivity index (χ0) is 24.7. The predicted molar refractivity (Wildman–Crippen MR) is 131 cm³/mol. The Hall–Kier alpha value is -3.11. The number of ether oxygens (including phenoxy) is 1. The zero-order valence-corrected chi connectivity index (χ0v) is 20.3. The molecule has 3 aromatic carbocycles. The number of hydrazone groups is 1. The number of halogens is 2. The van der Waals surface area contributed by atoms with E-state index in [2.05, 4.69) is 10.5 Å². The molecule has 0 fully saturated rings. The van der Waals surface area contributed by atoms with E-state index in [-0.39, 0.29) is 28.0 Å². The second-order valence-electron chi connectivity index (χ2n) is 7.06. The SMILES string of the molecule is COc1cc(/C=N/NC(=O)CN(Cc2ccc(Cl)c(Cl)c2)S(=O)(=O)c2ccccc2)ccc1O. The molecule has 34 heavy (non-hydrogen) atoms. The Bertz CT molecular complexity index is 1300. The molecule has 0 spiro atoms. The van der Waals surface area contributed by atoms with Gasteiger partial charge in [0.05, 0.1) is 34.8 Å². The Balaban J connectivity index is 1.79. The maximum atomic E-state index is 13.2. The van der Waals surface area contributed by atoms with Gasteiger partial charge in [-0.1, -0.05) is 47.5 Å². The molecule has 3 aromatic rings. The second-order valence-corrected chi connectivity index (χ2v) is 9.81. The molecule has 1 amide bonds. The Morgan fingerprint density at radius 2 is 1.82 bits per heavy atom. The van der Waals surface area contributed by atoms with Crippen molar-refractivity contribution in [3.8, 4) is 11.5 Å². The molecular weight excluding hydrogens is 501 g/mol. The minimum absolute atomic E-state index is 0.0345. The van der Waals surface area contributed by atoms with Crippen molar-refractivity contribution in [1.82, 2.24) is 9.73 Å². The molecule has 178 valence electrons. The van der Waals surface area contributed by atoms with Gasteiger partial charge in [0.2, 0.25) is 10.0 Å². The van der Waals surface area contributed by atoms with Gasteiger partial charge in [-0.25, -0.2) is 13.8 Å². The van der Waals surface area contributed by atoms with Crippen molar-refractivity contribution >= 4 is 45.3 Å². The molecule has 11 heteroatoms. The molecule has 0 atom stereocenters. The Labute approximate surface area is 207 Å². The van der Waals surface area contributed by atoms with E-state index in [0.717, 1.165) is 4.31 Å². The second kappa shape index (κ2) is 11.3. The molecule has 0 saturated carbocycles. The Kier molecular flexibility index (Phi) is 8.51. The summed E-state index contributed by atoms with van der Waals surface area (Å²) in [6.45, 7) is -0.603. The summed E-state index contributed by atoms with van der Waals surface area (Å²) in [5.74, 6) is -0.439. The van der Waals surface area contributed by atoms with E-state index in [9.17, 15) is 18.3 Å². The number of sulfonamides is 1. The average molecular weight is 522 g/mol. The number of hydrogen-bond acceptors (Lipinski definition) is 6. The maximum Gasteiger partial charge on any atom is 0.255 e. The summed E-state index contributed by atoms with van der Waals surface area (Å²) in [5, 5.41) is 14.1. The van der Waals surface area contributed by atoms with Crippen LogP contribution in [-0.2, 0) is 21.4 Å². The van der Waals surface area contributed by atoms with E-state index in [1.54, 1.807) is 42.5 Å². The van der Waals surface area contributed by atoms with Crippen molar-refractivity contribution in [2.75, 3.05) is 13.7 Å². The number of benzene rings is 3. The topological polar surface area (TPSA) is 108 Å². The van der Waals surface area contributed by atoms with Crippen molar-refractivity contribution in [3.63, 3.8) is 0 Å². The highest BCUT2D eigenvalue weighted by Crippen LogP contribution is 2.26. The summed E-state index contributed by atoms with van der Waals surface area (Å²) in [6, 6.07) is 17.1. The molecule has 0 saturated heterocycles. The first-order chi connectivity index (χ1) is 16.2. The summed E-state index contributed by atoms with van der Waals surface area (Å²) in [7, 11) is -2.60. The Morgan fingerprint density at radius 3 is 2.50 bits per heavy atom. The minimum Gasteiger partial charge on any atom is -0.504 e. The monoisotopic (exact) mass is 521 g/mol. The molecule has 0 bridgehead atoms. The van der Waals surface area contributed by atoms with Gasteiger partial charge in [-0.05, 0) is 53.6 Å². The van der Waals surface area contributed by atoms with Gasteiger partial charge in [0.15, 0.2) is 11.5 Å². The smallest absolute Gasteiger partial charge is 0.255 e. The van der Waals surface area contributed by atoms with Crippen molar-refractivity contribution < 1.29 is 23.1 Å². The van der Waals surface area contributed by atoms with E-state index in [1.807, 2.05) is 0 Å². The van der Waals surface area contributed by atoms with E-state index in [4.69, 9.17) is 27.9 Å². The average Bonchev–Trinajstić information content (AvgIpc) is 2.82. The molecule has 0 aliphatic rings. The number of phenolic OH excluding ortho intramolecular Hbond substituents is 1. The van der Waals surface area contributed by atoms with Crippen LogP contribution in [0.15, 0.2) is 76.7 Å². The zero-order valence-electron chi connectivity index (χ0n) is 18.0. The molecular formula is C23H21Cl2N3O5S. The van der Waals surface area contributed by atoms with Crippen LogP contribution in [0, 0.1) is 0 Å². The Morgan fingerprint density at radius 1 is 1.09 bits per heavy atom. The standard InChI is InChI=1S/C23H21Cl2N3O5S/c1-33-22-12-16(8-10-21(22)29)13-26-27-23(30)15-28(14-17-7-9-19(24)20(25)11-17)34(31,32)18-5-3-2-4-6-18/h2-13,29H,14-15H2,1H3,(H,27,30)/b26-13+. The highest BCUT2D eigenvalue weighted by molar-refractivity contribution is 7.89. The van der Waals surface area contributed by atoms with Crippen molar-refractivity contribution in [2.45, 2.75) is 11.4 Å². The van der Waals surface area contributed by atoms with Crippen LogP contribution in [0.25, 0.3) is 0 Å². The number of methoxy groups -OCH3 is 1. The van der Waals surface area contributed by atoms with Crippen LogP contribution < -0.4 is 10.2 Å². The van der Waals surface area contributed by atoms with Gasteiger partial charge in [0.1, 0.15) is 0 Å². The lowest BCUT2D eigenvalue weighted by atomic mass is 10.2. The first-order valence-electron chi connectivity index (χ1n) is 9.88. The number of hydrogen-bond donors (Lipinski definition) is 2. The molecule has 0 unspecified atom stereocenters. The lowest BCUT2D eigenvalue weighted by Crippen LogP contribution is -2.39. The number of carbonyl (C=O) groups is 1. The lowest BCUT2D eigenvalue weighted by Gasteiger charge is -2.21. The molecule has 0 aliphatic heterocycles. The quantitative estimate of drug-likeness (QED) is 0.326. The summed E-state index contributed by atoms with van der Waals surface area (Å²) in [5.41, 5.74) is 3.43. The van der Waals surface area contributed by atoms with Crippen LogP contribution in [0.2, 0.25) is 10.0 Å². The van der Waals surface area contributed by atoms with Gasteiger partial charge in [0.25, 0.3) is 5.91 Å². The fourth-order valence-corrected chi connectivity index (χ4v) is 4.68. The predicted octanol–water partition coefficient (Wildman–Crippen LogP) is 4.05. The summed E-state index contributed by atoms with van der Waals surface area (Å²) in [6.07, 6.45) is 1.34. The minimum atomic E-state index is -4.01. The third kappa shape index (κ3) is 6.48. The molecule has 3 rings (SSSR count). The van der Waals surface area contributed by atoms with Crippen LogP contribution in [-0.4, -0.2) is 43.6 Å². The number of nitrogens with one attached hydrogen (secondary N) is 1. The molecule has 0 aromatic heterocycles. The van der Waals surface area contributed by atoms with Crippen molar-refractivity contribution in [2.24, 2.45) is 5.10 Å². The fraction of sp³-hybridized carbons (Fsp3) is 0.130. The highest BCUT2D eigenvalue weighted by atomic mass is 35.5. The maximum absolute atomic E-state index is 13.2. The van der Waals surface area contributed by atoms with Crippen LogP contribution in [0.3, 0.4) is 0 Å². The van der Waals surface area contributed by atoms with Gasteiger partial charge in [-0.15, -0.1) is 0 Å². The van der Waals surface area contributed by atoms with Gasteiger partial charge >= 0.3 is 0 Å². The molecule has 0 aliphatic carbocycles. The summed E-state index contributed by atoms with van der Waals surface area (Å²) in [4.78, 5) is 12.6. The van der Waals surface area contributed by atoms with E-state index < -0.39 is 22.5 Å². The third-order valence-electron chi connectivity index (χ3n) is 4.65. The van der Waals surface area contributed by atoms with Crippen molar-refractivity contribution in [1.29, 1.82) is 0 Å². The van der Waals surface area contributed by atoms with Gasteiger partial charge in [-0.3, -0.25) is 4.79 Å². The van der Waals surface area contributed by atoms with Gasteiger partial charge in [-0.2, -0.15) is 9.41 Å². The first kappa shape index (κ1) is 25.5. The van der Waals surface area contributed by atoms with Crippen LogP contribution in [0.4, 0.5) is 0 Å². The third-order valence-corrected chi connectivity index (χ3v) is 7.20. The van der Waals surface area contributed by atoms with E-state index >= 15 is 0 Å². The lowest BCUT2D eigenvalue weighted by molar-refractivity contribution is -0.121. The summed E-state index contributed by atoms with van der Waals surface area (Å²) >= 11 is 12.0. The fourth-order valence-electron chi connectivity index (χ4n) is 2.96. The highest BCUT2D eigenvalue weighted by Gasteiger charge is 2.27.